The number of amides is 3. The quantitative estimate of drug-likeness (QED) is 0.793. The van der Waals surface area contributed by atoms with Gasteiger partial charge >= 0.3 is 0 Å². The number of thioether (sulfide) groups is 1. The molecule has 2 N–H and O–H groups in total. The molecule has 3 amide bonds. The smallest absolute Gasteiger partial charge is 0.256 e. The average Bonchev–Trinajstić information content (AvgIpc) is 3.38. The van der Waals surface area contributed by atoms with Gasteiger partial charge in [-0.25, -0.2) is 0 Å². The second-order valence-electron chi connectivity index (χ2n) is 7.24. The van der Waals surface area contributed by atoms with Gasteiger partial charge in [0.25, 0.3) is 5.91 Å². The molecule has 144 valence electrons. The van der Waals surface area contributed by atoms with Gasteiger partial charge in [0, 0.05) is 17.9 Å². The lowest BCUT2D eigenvalue weighted by atomic mass is 10.1. The van der Waals surface area contributed by atoms with Crippen molar-refractivity contribution in [3.05, 3.63) is 35.4 Å². The molecule has 4 unspecified atom stereocenters. The molecule has 2 saturated heterocycles. The van der Waals surface area contributed by atoms with Crippen LogP contribution in [0.2, 0.25) is 0 Å². The Labute approximate surface area is 162 Å². The molecule has 0 aromatic heterocycles. The highest BCUT2D eigenvalue weighted by Crippen LogP contribution is 2.48. The van der Waals surface area contributed by atoms with E-state index < -0.39 is 12.1 Å². The van der Waals surface area contributed by atoms with E-state index in [9.17, 15) is 19.5 Å². The number of hydrogen-bond donors (Lipinski definition) is 2. The maximum absolute atomic E-state index is 12.8. The number of rotatable bonds is 4. The van der Waals surface area contributed by atoms with Gasteiger partial charge < -0.3 is 20.2 Å². The molecule has 0 spiro atoms. The van der Waals surface area contributed by atoms with E-state index in [-0.39, 0.29) is 35.7 Å². The number of aliphatic hydroxyl groups is 1. The Morgan fingerprint density at radius 3 is 2.93 bits per heavy atom. The largest absolute Gasteiger partial charge is 0.394 e. The van der Waals surface area contributed by atoms with E-state index in [1.807, 2.05) is 18.2 Å². The van der Waals surface area contributed by atoms with E-state index in [4.69, 9.17) is 0 Å². The van der Waals surface area contributed by atoms with Crippen molar-refractivity contribution in [1.82, 2.24) is 15.1 Å². The Kier molecular flexibility index (Phi) is 4.86. The van der Waals surface area contributed by atoms with Crippen LogP contribution in [0.1, 0.15) is 41.1 Å². The minimum Gasteiger partial charge on any atom is -0.394 e. The van der Waals surface area contributed by atoms with Crippen molar-refractivity contribution in [2.24, 2.45) is 0 Å². The molecule has 0 saturated carbocycles. The fourth-order valence-electron chi connectivity index (χ4n) is 4.18. The first-order valence-corrected chi connectivity index (χ1v) is 10.3. The van der Waals surface area contributed by atoms with E-state index in [0.717, 1.165) is 18.4 Å². The van der Waals surface area contributed by atoms with Gasteiger partial charge in [-0.3, -0.25) is 14.4 Å². The molecule has 4 atom stereocenters. The zero-order chi connectivity index (χ0) is 19.1. The van der Waals surface area contributed by atoms with E-state index in [2.05, 4.69) is 5.32 Å². The van der Waals surface area contributed by atoms with Crippen LogP contribution in [0.5, 0.6) is 0 Å². The van der Waals surface area contributed by atoms with E-state index >= 15 is 0 Å². The second-order valence-corrected chi connectivity index (χ2v) is 8.35. The highest BCUT2D eigenvalue weighted by atomic mass is 32.2. The number of benzene rings is 1. The fourth-order valence-corrected chi connectivity index (χ4v) is 5.64. The molecule has 4 rings (SSSR count). The topological polar surface area (TPSA) is 90.0 Å². The minimum atomic E-state index is -0.686. The molecular formula is C19H23N3O4S. The summed E-state index contributed by atoms with van der Waals surface area (Å²) in [4.78, 5) is 41.5. The van der Waals surface area contributed by atoms with Crippen molar-refractivity contribution in [2.45, 2.75) is 43.3 Å². The van der Waals surface area contributed by atoms with E-state index in [1.165, 1.54) is 0 Å². The molecule has 1 aromatic rings. The summed E-state index contributed by atoms with van der Waals surface area (Å²) in [6.45, 7) is 2.20. The number of likely N-dealkylation sites (tertiary alicyclic amines) is 1. The van der Waals surface area contributed by atoms with Crippen LogP contribution >= 0.6 is 11.8 Å². The molecule has 0 bridgehead atoms. The second kappa shape index (κ2) is 7.16. The first-order valence-electron chi connectivity index (χ1n) is 9.28. The van der Waals surface area contributed by atoms with Crippen molar-refractivity contribution < 1.29 is 19.5 Å². The minimum absolute atomic E-state index is 0.0616. The Morgan fingerprint density at radius 1 is 1.37 bits per heavy atom. The number of nitrogens with zero attached hydrogens (tertiary/aromatic N) is 2. The third-order valence-electron chi connectivity index (χ3n) is 5.59. The third kappa shape index (κ3) is 3.00. The fraction of sp³-hybridized carbons (Fsp3) is 0.526. The Balaban J connectivity index is 1.44. The van der Waals surface area contributed by atoms with Gasteiger partial charge in [-0.05, 0) is 31.4 Å². The van der Waals surface area contributed by atoms with Crippen LogP contribution in [0.4, 0.5) is 0 Å². The van der Waals surface area contributed by atoms with Gasteiger partial charge in [0.1, 0.15) is 17.5 Å². The molecule has 7 nitrogen and oxygen atoms in total. The summed E-state index contributed by atoms with van der Waals surface area (Å²) in [5.74, 6) is -0.0926. The normalized spacial score (nSPS) is 27.5. The molecule has 3 aliphatic rings. The van der Waals surface area contributed by atoms with E-state index in [1.54, 1.807) is 34.6 Å². The van der Waals surface area contributed by atoms with Crippen LogP contribution in [0.25, 0.3) is 0 Å². The summed E-state index contributed by atoms with van der Waals surface area (Å²) in [6.07, 6.45) is 1.64. The zero-order valence-corrected chi connectivity index (χ0v) is 15.9. The van der Waals surface area contributed by atoms with Crippen molar-refractivity contribution in [1.29, 1.82) is 0 Å². The summed E-state index contributed by atoms with van der Waals surface area (Å²) in [7, 11) is 0. The lowest BCUT2D eigenvalue weighted by molar-refractivity contribution is -0.138. The molecule has 0 aliphatic carbocycles. The summed E-state index contributed by atoms with van der Waals surface area (Å²) in [5.41, 5.74) is 1.61. The molecule has 0 radical (unpaired) electrons. The number of aliphatic hydroxyl groups excluding tert-OH is 1. The number of carbonyl (C=O) groups is 3. The van der Waals surface area contributed by atoms with Gasteiger partial charge in [-0.1, -0.05) is 18.2 Å². The van der Waals surface area contributed by atoms with Crippen LogP contribution in [-0.2, 0) is 9.59 Å². The molecule has 8 heteroatoms. The summed E-state index contributed by atoms with van der Waals surface area (Å²) < 4.78 is 0. The zero-order valence-electron chi connectivity index (χ0n) is 15.1. The van der Waals surface area contributed by atoms with Gasteiger partial charge in [0.15, 0.2) is 0 Å². The highest BCUT2D eigenvalue weighted by Gasteiger charge is 2.48. The van der Waals surface area contributed by atoms with Crippen molar-refractivity contribution in [2.75, 3.05) is 18.9 Å². The predicted octanol–water partition coefficient (Wildman–Crippen LogP) is 0.744. The van der Waals surface area contributed by atoms with Crippen LogP contribution < -0.4 is 5.32 Å². The van der Waals surface area contributed by atoms with Gasteiger partial charge in [-0.2, -0.15) is 0 Å². The summed E-state index contributed by atoms with van der Waals surface area (Å²) in [6, 6.07) is 6.01. The number of fused-ring (bicyclic) bond motifs is 3. The summed E-state index contributed by atoms with van der Waals surface area (Å²) >= 11 is 1.58. The maximum atomic E-state index is 12.8. The molecule has 3 aliphatic heterocycles. The van der Waals surface area contributed by atoms with Gasteiger partial charge in [0.05, 0.1) is 12.6 Å². The number of hydrogen-bond acceptors (Lipinski definition) is 5. The Hall–Kier alpha value is -2.06. The monoisotopic (exact) mass is 389 g/mol. The van der Waals surface area contributed by atoms with Crippen LogP contribution in [0.3, 0.4) is 0 Å². The van der Waals surface area contributed by atoms with Crippen molar-refractivity contribution in [3.8, 4) is 0 Å². The van der Waals surface area contributed by atoms with Crippen molar-refractivity contribution >= 4 is 29.5 Å². The van der Waals surface area contributed by atoms with Crippen molar-refractivity contribution in [3.63, 3.8) is 0 Å². The van der Waals surface area contributed by atoms with Gasteiger partial charge in [0.2, 0.25) is 11.8 Å². The summed E-state index contributed by atoms with van der Waals surface area (Å²) in [5, 5.41) is 12.1. The Morgan fingerprint density at radius 2 is 2.15 bits per heavy atom. The number of nitrogens with one attached hydrogen (secondary N) is 1. The molecule has 1 aromatic carbocycles. The van der Waals surface area contributed by atoms with Crippen LogP contribution in [-0.4, -0.2) is 69.7 Å². The molecule has 3 heterocycles. The molecule has 2 fully saturated rings. The molecule has 27 heavy (non-hydrogen) atoms. The predicted molar refractivity (Wildman–Crippen MR) is 101 cm³/mol. The lowest BCUT2D eigenvalue weighted by Gasteiger charge is -2.28. The van der Waals surface area contributed by atoms with E-state index in [0.29, 0.717) is 17.9 Å². The maximum Gasteiger partial charge on any atom is 0.256 e. The average molecular weight is 389 g/mol. The highest BCUT2D eigenvalue weighted by molar-refractivity contribution is 7.99. The van der Waals surface area contributed by atoms with Crippen LogP contribution in [0.15, 0.2) is 24.3 Å². The first-order chi connectivity index (χ1) is 13.0. The lowest BCUT2D eigenvalue weighted by Crippen LogP contribution is -2.54. The third-order valence-corrected chi connectivity index (χ3v) is 6.90. The van der Waals surface area contributed by atoms with Crippen LogP contribution in [0, 0.1) is 0 Å². The Bertz CT molecular complexity index is 786. The number of carbonyl (C=O) groups excluding carboxylic acids is 3. The molecular weight excluding hydrogens is 366 g/mol. The standard InChI is InChI=1S/C19H23N3O4S/c1-11(17(25)21-8-4-5-12(21)9-23)20-16(24)15-10-27-19-14-7-3-2-6-13(14)18(26)22(15)19/h2-3,6-7,11-12,15,19,23H,4-5,8-10H2,1H3,(H,20,24). The SMILES string of the molecule is CC(NC(=O)C1CSC2c3ccccc3C(=O)N12)C(=O)N1CCCC1CO. The first kappa shape index (κ1) is 18.3. The van der Waals surface area contributed by atoms with Gasteiger partial charge in [-0.15, -0.1) is 11.8 Å².